The van der Waals surface area contributed by atoms with E-state index in [4.69, 9.17) is 34.8 Å². The molecule has 33 heavy (non-hydrogen) atoms. The van der Waals surface area contributed by atoms with Gasteiger partial charge in [0.05, 0.1) is 21.4 Å². The minimum absolute atomic E-state index is 0.0620. The second kappa shape index (κ2) is 9.57. The molecule has 3 aromatic carbocycles. The van der Waals surface area contributed by atoms with Crippen molar-refractivity contribution in [3.05, 3.63) is 97.5 Å². The maximum Gasteiger partial charge on any atom is 0.283 e. The Morgan fingerprint density at radius 1 is 0.848 bits per heavy atom. The Morgan fingerprint density at radius 2 is 1.55 bits per heavy atom. The van der Waals surface area contributed by atoms with Crippen LogP contribution >= 0.6 is 50.7 Å². The highest BCUT2D eigenvalue weighted by Crippen LogP contribution is 2.37. The minimum Gasteiger partial charge on any atom is -0.350 e. The highest BCUT2D eigenvalue weighted by Gasteiger charge is 2.40. The molecule has 0 saturated heterocycles. The fraction of sp³-hybridized carbons (Fsp3) is 0. The predicted octanol–water partition coefficient (Wildman–Crippen LogP) is 6.44. The summed E-state index contributed by atoms with van der Waals surface area (Å²) in [5, 5.41) is 5.63. The first kappa shape index (κ1) is 23.3. The van der Waals surface area contributed by atoms with Crippen molar-refractivity contribution < 1.29 is 14.4 Å². The van der Waals surface area contributed by atoms with Gasteiger partial charge in [-0.3, -0.25) is 14.4 Å². The van der Waals surface area contributed by atoms with Crippen LogP contribution in [0, 0.1) is 0 Å². The van der Waals surface area contributed by atoms with Crippen molar-refractivity contribution in [2.24, 2.45) is 0 Å². The van der Waals surface area contributed by atoms with Crippen LogP contribution in [-0.2, 0) is 9.59 Å². The van der Waals surface area contributed by atoms with Crippen molar-refractivity contribution in [2.75, 3.05) is 15.5 Å². The van der Waals surface area contributed by atoms with E-state index in [1.54, 1.807) is 42.5 Å². The average molecular weight is 566 g/mol. The lowest BCUT2D eigenvalue weighted by molar-refractivity contribution is -0.120. The number of halogens is 4. The van der Waals surface area contributed by atoms with E-state index in [-0.39, 0.29) is 32.4 Å². The SMILES string of the molecule is O=C(Nc1ccccc1Br)c1ccc(NC2=C(Cl)C(=O)N(c3cccc(Cl)c3Cl)C2=O)cc1. The molecule has 0 radical (unpaired) electrons. The van der Waals surface area contributed by atoms with E-state index in [0.29, 0.717) is 16.9 Å². The number of carbonyl (C=O) groups is 3. The largest absolute Gasteiger partial charge is 0.350 e. The molecule has 1 aliphatic heterocycles. The van der Waals surface area contributed by atoms with Crippen LogP contribution in [0.2, 0.25) is 10.0 Å². The van der Waals surface area contributed by atoms with Crippen LogP contribution < -0.4 is 15.5 Å². The predicted molar refractivity (Wildman–Crippen MR) is 134 cm³/mol. The van der Waals surface area contributed by atoms with Crippen molar-refractivity contribution in [3.8, 4) is 0 Å². The first-order chi connectivity index (χ1) is 15.8. The van der Waals surface area contributed by atoms with Crippen LogP contribution in [0.5, 0.6) is 0 Å². The Balaban J connectivity index is 1.51. The molecule has 1 heterocycles. The van der Waals surface area contributed by atoms with Gasteiger partial charge in [-0.2, -0.15) is 0 Å². The number of anilines is 3. The molecule has 4 rings (SSSR count). The summed E-state index contributed by atoms with van der Waals surface area (Å²) in [6.45, 7) is 0. The normalized spacial score (nSPS) is 13.5. The molecule has 1 aliphatic rings. The van der Waals surface area contributed by atoms with Crippen LogP contribution in [0.15, 0.2) is 81.9 Å². The topological polar surface area (TPSA) is 78.5 Å². The van der Waals surface area contributed by atoms with Crippen LogP contribution in [0.1, 0.15) is 10.4 Å². The summed E-state index contributed by atoms with van der Waals surface area (Å²) in [5.41, 5.74) is 1.52. The Bertz CT molecular complexity index is 1330. The molecule has 10 heteroatoms. The van der Waals surface area contributed by atoms with Crippen LogP contribution in [0.3, 0.4) is 0 Å². The second-order valence-corrected chi connectivity index (χ2v) is 8.86. The van der Waals surface area contributed by atoms with E-state index in [2.05, 4.69) is 26.6 Å². The third-order valence-electron chi connectivity index (χ3n) is 4.74. The van der Waals surface area contributed by atoms with Crippen molar-refractivity contribution in [1.29, 1.82) is 0 Å². The highest BCUT2D eigenvalue weighted by atomic mass is 79.9. The van der Waals surface area contributed by atoms with Gasteiger partial charge in [0.25, 0.3) is 17.7 Å². The van der Waals surface area contributed by atoms with Crippen molar-refractivity contribution in [1.82, 2.24) is 0 Å². The lowest BCUT2D eigenvalue weighted by Crippen LogP contribution is -2.32. The molecule has 0 saturated carbocycles. The van der Waals surface area contributed by atoms with Crippen molar-refractivity contribution in [2.45, 2.75) is 0 Å². The number of imide groups is 1. The van der Waals surface area contributed by atoms with Crippen LogP contribution in [-0.4, -0.2) is 17.7 Å². The molecule has 3 aromatic rings. The first-order valence-electron chi connectivity index (χ1n) is 9.43. The van der Waals surface area contributed by atoms with Gasteiger partial charge < -0.3 is 10.6 Å². The Kier molecular flexibility index (Phi) is 6.76. The monoisotopic (exact) mass is 563 g/mol. The van der Waals surface area contributed by atoms with Gasteiger partial charge in [0, 0.05) is 15.7 Å². The molecule has 6 nitrogen and oxygen atoms in total. The molecule has 0 aliphatic carbocycles. The highest BCUT2D eigenvalue weighted by molar-refractivity contribution is 9.10. The van der Waals surface area contributed by atoms with Gasteiger partial charge in [0.2, 0.25) is 0 Å². The van der Waals surface area contributed by atoms with E-state index in [9.17, 15) is 14.4 Å². The Labute approximate surface area is 212 Å². The summed E-state index contributed by atoms with van der Waals surface area (Å²) < 4.78 is 0.756. The van der Waals surface area contributed by atoms with E-state index < -0.39 is 11.8 Å². The van der Waals surface area contributed by atoms with E-state index in [1.165, 1.54) is 6.07 Å². The summed E-state index contributed by atoms with van der Waals surface area (Å²) in [6, 6.07) is 18.2. The summed E-state index contributed by atoms with van der Waals surface area (Å²) in [6.07, 6.45) is 0. The quantitative estimate of drug-likeness (QED) is 0.349. The molecule has 166 valence electrons. The molecule has 3 amide bonds. The number of benzene rings is 3. The van der Waals surface area contributed by atoms with Crippen LogP contribution in [0.25, 0.3) is 0 Å². The first-order valence-corrected chi connectivity index (χ1v) is 11.4. The van der Waals surface area contributed by atoms with Crippen molar-refractivity contribution in [3.63, 3.8) is 0 Å². The van der Waals surface area contributed by atoms with Crippen LogP contribution in [0.4, 0.5) is 17.1 Å². The molecule has 0 atom stereocenters. The second-order valence-electron chi connectivity index (χ2n) is 6.84. The molecule has 0 aromatic heterocycles. The molecule has 0 bridgehead atoms. The van der Waals surface area contributed by atoms with E-state index >= 15 is 0 Å². The number of carbonyl (C=O) groups excluding carboxylic acids is 3. The van der Waals surface area contributed by atoms with Gasteiger partial charge in [-0.1, -0.05) is 53.0 Å². The van der Waals surface area contributed by atoms with Gasteiger partial charge >= 0.3 is 0 Å². The number of nitrogens with zero attached hydrogens (tertiary/aromatic N) is 1. The molecule has 0 unspecified atom stereocenters. The van der Waals surface area contributed by atoms with Gasteiger partial charge in [0.1, 0.15) is 10.7 Å². The number of hydrogen-bond acceptors (Lipinski definition) is 4. The standard InChI is InChI=1S/C23H13BrCl3N3O3/c24-14-4-1-2-6-16(14)29-21(31)12-8-10-13(11-9-12)28-20-19(27)22(32)30(23(20)33)17-7-3-5-15(25)18(17)26/h1-11,28H,(H,29,31). The van der Waals surface area contributed by atoms with Crippen molar-refractivity contribution >= 4 is 85.5 Å². The Morgan fingerprint density at radius 3 is 2.24 bits per heavy atom. The molecular weight excluding hydrogens is 553 g/mol. The Hall–Kier alpha value is -2.84. The summed E-state index contributed by atoms with van der Waals surface area (Å²) >= 11 is 21.7. The van der Waals surface area contributed by atoms with Gasteiger partial charge in [-0.25, -0.2) is 4.90 Å². The van der Waals surface area contributed by atoms with Gasteiger partial charge in [0.15, 0.2) is 0 Å². The average Bonchev–Trinajstić information content (AvgIpc) is 3.01. The molecular formula is C23H13BrCl3N3O3. The summed E-state index contributed by atoms with van der Waals surface area (Å²) in [4.78, 5) is 39.0. The van der Waals surface area contributed by atoms with E-state index in [1.807, 2.05) is 18.2 Å². The summed E-state index contributed by atoms with van der Waals surface area (Å²) in [7, 11) is 0. The number of hydrogen-bond donors (Lipinski definition) is 2. The summed E-state index contributed by atoms with van der Waals surface area (Å²) in [5.74, 6) is -1.71. The van der Waals surface area contributed by atoms with E-state index in [0.717, 1.165) is 9.37 Å². The molecule has 0 fully saturated rings. The smallest absolute Gasteiger partial charge is 0.283 e. The number of rotatable bonds is 5. The maximum atomic E-state index is 12.9. The minimum atomic E-state index is -0.724. The fourth-order valence-electron chi connectivity index (χ4n) is 3.10. The number of amides is 3. The zero-order valence-electron chi connectivity index (χ0n) is 16.5. The van der Waals surface area contributed by atoms with Gasteiger partial charge in [-0.15, -0.1) is 0 Å². The maximum absolute atomic E-state index is 12.9. The fourth-order valence-corrected chi connectivity index (χ4v) is 4.08. The number of para-hydroxylation sites is 1. The lowest BCUT2D eigenvalue weighted by atomic mass is 10.2. The number of nitrogens with one attached hydrogen (secondary N) is 2. The molecule has 0 spiro atoms. The lowest BCUT2D eigenvalue weighted by Gasteiger charge is -2.17. The third kappa shape index (κ3) is 4.63. The van der Waals surface area contributed by atoms with Gasteiger partial charge in [-0.05, 0) is 64.5 Å². The molecule has 2 N–H and O–H groups in total. The zero-order valence-corrected chi connectivity index (χ0v) is 20.4. The zero-order chi connectivity index (χ0) is 23.7. The third-order valence-corrected chi connectivity index (χ3v) is 6.59.